The van der Waals surface area contributed by atoms with E-state index in [4.69, 9.17) is 16.6 Å². The van der Waals surface area contributed by atoms with Gasteiger partial charge in [0, 0.05) is 16.1 Å². The van der Waals surface area contributed by atoms with E-state index < -0.39 is 5.92 Å². The van der Waals surface area contributed by atoms with Crippen LogP contribution in [0.2, 0.25) is 5.02 Å². The van der Waals surface area contributed by atoms with Crippen LogP contribution in [0.25, 0.3) is 10.9 Å². The van der Waals surface area contributed by atoms with Crippen LogP contribution < -0.4 is 5.32 Å². The molecule has 2 heterocycles. The number of hydrogen-bond acceptors (Lipinski definition) is 3. The fraction of sp³-hybridized carbons (Fsp3) is 0.0455. The Bertz CT molecular complexity index is 1230. The molecular formula is C22H15ClN4O. The number of halogens is 1. The highest BCUT2D eigenvalue weighted by atomic mass is 35.5. The van der Waals surface area contributed by atoms with E-state index in [0.29, 0.717) is 10.7 Å². The van der Waals surface area contributed by atoms with Gasteiger partial charge in [-0.3, -0.25) is 14.9 Å². The van der Waals surface area contributed by atoms with Crippen LogP contribution in [-0.2, 0) is 4.79 Å². The van der Waals surface area contributed by atoms with Crippen molar-refractivity contribution in [2.45, 2.75) is 5.92 Å². The van der Waals surface area contributed by atoms with E-state index in [0.717, 1.165) is 33.4 Å². The maximum absolute atomic E-state index is 12.9. The van der Waals surface area contributed by atoms with Gasteiger partial charge >= 0.3 is 0 Å². The average molecular weight is 387 g/mol. The van der Waals surface area contributed by atoms with Gasteiger partial charge in [-0.05, 0) is 41.5 Å². The number of aliphatic imine (C=N–C) groups is 1. The van der Waals surface area contributed by atoms with Gasteiger partial charge in [-0.2, -0.15) is 5.10 Å². The molecule has 2 N–H and O–H groups in total. The number of anilines is 1. The van der Waals surface area contributed by atoms with Crippen LogP contribution >= 0.6 is 11.6 Å². The predicted octanol–water partition coefficient (Wildman–Crippen LogP) is 5.07. The zero-order valence-electron chi connectivity index (χ0n) is 14.7. The molecule has 0 saturated carbocycles. The Morgan fingerprint density at radius 2 is 1.89 bits per heavy atom. The van der Waals surface area contributed by atoms with Gasteiger partial charge in [0.05, 0.1) is 23.1 Å². The number of hydrogen-bond donors (Lipinski definition) is 2. The molecule has 136 valence electrons. The summed E-state index contributed by atoms with van der Waals surface area (Å²) < 4.78 is 0. The van der Waals surface area contributed by atoms with E-state index in [1.54, 1.807) is 18.3 Å². The number of rotatable bonds is 3. The predicted molar refractivity (Wildman–Crippen MR) is 112 cm³/mol. The summed E-state index contributed by atoms with van der Waals surface area (Å²) >= 11 is 6.10. The van der Waals surface area contributed by atoms with E-state index in [1.165, 1.54) is 0 Å². The minimum absolute atomic E-state index is 0.109. The van der Waals surface area contributed by atoms with Crippen LogP contribution in [0.3, 0.4) is 0 Å². The second kappa shape index (κ2) is 6.62. The Hall–Kier alpha value is -3.44. The number of amides is 1. The van der Waals surface area contributed by atoms with Gasteiger partial charge < -0.3 is 5.32 Å². The Balaban J connectivity index is 1.68. The zero-order chi connectivity index (χ0) is 19.1. The minimum Gasteiger partial charge on any atom is -0.325 e. The summed E-state index contributed by atoms with van der Waals surface area (Å²) in [5.41, 5.74) is 4.85. The Morgan fingerprint density at radius 1 is 1.04 bits per heavy atom. The number of carbonyl (C=O) groups is 1. The molecule has 1 amide bonds. The van der Waals surface area contributed by atoms with Crippen molar-refractivity contribution in [1.29, 1.82) is 0 Å². The fourth-order valence-corrected chi connectivity index (χ4v) is 3.72. The monoisotopic (exact) mass is 386 g/mol. The average Bonchev–Trinajstić information content (AvgIpc) is 3.29. The molecule has 4 aromatic rings. The SMILES string of the molecule is O=C1Nc2cc(Cl)ccc2C1C(=Nc1ccc2cn[nH]c2c1)c1ccccc1. The van der Waals surface area contributed by atoms with E-state index in [9.17, 15) is 4.79 Å². The zero-order valence-corrected chi connectivity index (χ0v) is 15.4. The highest BCUT2D eigenvalue weighted by Crippen LogP contribution is 2.37. The van der Waals surface area contributed by atoms with Gasteiger partial charge in [0.25, 0.3) is 0 Å². The van der Waals surface area contributed by atoms with Crippen LogP contribution in [-0.4, -0.2) is 21.8 Å². The topological polar surface area (TPSA) is 70.1 Å². The van der Waals surface area contributed by atoms with Gasteiger partial charge in [0.2, 0.25) is 5.91 Å². The van der Waals surface area contributed by atoms with Gasteiger partial charge in [0.15, 0.2) is 0 Å². The number of benzene rings is 3. The molecule has 0 bridgehead atoms. The van der Waals surface area contributed by atoms with Crippen molar-refractivity contribution in [2.75, 3.05) is 5.32 Å². The third kappa shape index (κ3) is 2.86. The lowest BCUT2D eigenvalue weighted by molar-refractivity contribution is -0.115. The molecule has 1 aromatic heterocycles. The quantitative estimate of drug-likeness (QED) is 0.482. The molecule has 0 saturated heterocycles. The molecule has 5 nitrogen and oxygen atoms in total. The Kier molecular flexibility index (Phi) is 3.95. The third-order valence-electron chi connectivity index (χ3n) is 4.86. The molecule has 0 radical (unpaired) electrons. The fourth-order valence-electron chi connectivity index (χ4n) is 3.54. The van der Waals surface area contributed by atoms with Crippen LogP contribution in [0.4, 0.5) is 11.4 Å². The van der Waals surface area contributed by atoms with Gasteiger partial charge in [-0.1, -0.05) is 48.0 Å². The molecule has 1 aliphatic heterocycles. The highest BCUT2D eigenvalue weighted by Gasteiger charge is 2.35. The number of fused-ring (bicyclic) bond motifs is 2. The normalized spacial score (nSPS) is 16.2. The second-order valence-electron chi connectivity index (χ2n) is 6.66. The van der Waals surface area contributed by atoms with Gasteiger partial charge in [-0.25, -0.2) is 0 Å². The van der Waals surface area contributed by atoms with Crippen molar-refractivity contribution in [2.24, 2.45) is 4.99 Å². The summed E-state index contributed by atoms with van der Waals surface area (Å²) in [6, 6.07) is 21.0. The molecule has 6 heteroatoms. The molecule has 1 atom stereocenters. The molecular weight excluding hydrogens is 372 g/mol. The molecule has 28 heavy (non-hydrogen) atoms. The van der Waals surface area contributed by atoms with E-state index in [1.807, 2.05) is 54.6 Å². The molecule has 0 spiro atoms. The summed E-state index contributed by atoms with van der Waals surface area (Å²) in [5.74, 6) is -0.616. The molecule has 1 aliphatic rings. The molecule has 3 aromatic carbocycles. The van der Waals surface area contributed by atoms with Crippen LogP contribution in [0.1, 0.15) is 17.0 Å². The highest BCUT2D eigenvalue weighted by molar-refractivity contribution is 6.31. The maximum Gasteiger partial charge on any atom is 0.238 e. The first-order valence-electron chi connectivity index (χ1n) is 8.86. The van der Waals surface area contributed by atoms with Crippen LogP contribution in [0, 0.1) is 0 Å². The van der Waals surface area contributed by atoms with Gasteiger partial charge in [0.1, 0.15) is 5.92 Å². The maximum atomic E-state index is 12.9. The first kappa shape index (κ1) is 16.7. The van der Waals surface area contributed by atoms with Crippen molar-refractivity contribution >= 4 is 45.5 Å². The van der Waals surface area contributed by atoms with Crippen molar-refractivity contribution in [3.05, 3.63) is 89.1 Å². The largest absolute Gasteiger partial charge is 0.325 e. The standard InChI is InChI=1S/C22H15ClN4O/c23-15-7-9-17-19(10-15)26-22(28)20(17)21(13-4-2-1-3-5-13)25-16-8-6-14-12-24-27-18(14)11-16/h1-12,20H,(H,24,27)(H,26,28). The Morgan fingerprint density at radius 3 is 2.75 bits per heavy atom. The van der Waals surface area contributed by atoms with Crippen LogP contribution in [0.15, 0.2) is 77.9 Å². The number of aromatic amines is 1. The number of aromatic nitrogens is 2. The second-order valence-corrected chi connectivity index (χ2v) is 7.09. The van der Waals surface area contributed by atoms with Crippen LogP contribution in [0.5, 0.6) is 0 Å². The lowest BCUT2D eigenvalue weighted by Gasteiger charge is -2.14. The Labute approximate surface area is 166 Å². The number of nitrogens with zero attached hydrogens (tertiary/aromatic N) is 2. The van der Waals surface area contributed by atoms with E-state index in [2.05, 4.69) is 15.5 Å². The molecule has 0 aliphatic carbocycles. The van der Waals surface area contributed by atoms with E-state index in [-0.39, 0.29) is 5.91 Å². The molecule has 0 fully saturated rings. The lowest BCUT2D eigenvalue weighted by atomic mass is 9.90. The molecule has 1 unspecified atom stereocenters. The lowest BCUT2D eigenvalue weighted by Crippen LogP contribution is -2.21. The first-order chi connectivity index (χ1) is 13.7. The summed E-state index contributed by atoms with van der Waals surface area (Å²) in [7, 11) is 0. The van der Waals surface area contributed by atoms with Crippen molar-refractivity contribution in [3.63, 3.8) is 0 Å². The molecule has 5 rings (SSSR count). The van der Waals surface area contributed by atoms with Crippen molar-refractivity contribution in [1.82, 2.24) is 10.2 Å². The summed E-state index contributed by atoms with van der Waals surface area (Å²) in [4.78, 5) is 17.8. The smallest absolute Gasteiger partial charge is 0.238 e. The van der Waals surface area contributed by atoms with Gasteiger partial charge in [-0.15, -0.1) is 0 Å². The summed E-state index contributed by atoms with van der Waals surface area (Å²) in [6.07, 6.45) is 1.77. The summed E-state index contributed by atoms with van der Waals surface area (Å²) in [5, 5.41) is 11.5. The first-order valence-corrected chi connectivity index (χ1v) is 9.24. The minimum atomic E-state index is -0.507. The number of carbonyl (C=O) groups excluding carboxylic acids is 1. The van der Waals surface area contributed by atoms with Crippen molar-refractivity contribution < 1.29 is 4.79 Å². The van der Waals surface area contributed by atoms with Crippen molar-refractivity contribution in [3.8, 4) is 0 Å². The summed E-state index contributed by atoms with van der Waals surface area (Å²) in [6.45, 7) is 0. The van der Waals surface area contributed by atoms with E-state index >= 15 is 0 Å². The number of nitrogens with one attached hydrogen (secondary N) is 2. The third-order valence-corrected chi connectivity index (χ3v) is 5.10. The number of H-pyrrole nitrogens is 1.